The summed E-state index contributed by atoms with van der Waals surface area (Å²) in [5.74, 6) is 5.46. The highest BCUT2D eigenvalue weighted by molar-refractivity contribution is 7.87. The second-order valence-corrected chi connectivity index (χ2v) is 5.54. The minimum Gasteiger partial charge on any atom is -0.377 e. The molecule has 19 heavy (non-hydrogen) atoms. The highest BCUT2D eigenvalue weighted by atomic mass is 32.2. The molecule has 0 unspecified atom stereocenters. The van der Waals surface area contributed by atoms with Crippen molar-refractivity contribution in [1.82, 2.24) is 0 Å². The molecule has 2 aromatic carbocycles. The second-order valence-electron chi connectivity index (χ2n) is 3.99. The number of anilines is 1. The molecule has 0 aliphatic heterocycles. The Labute approximate surface area is 112 Å². The van der Waals surface area contributed by atoms with Gasteiger partial charge in [-0.2, -0.15) is 8.42 Å². The number of rotatable bonds is 4. The third-order valence-electron chi connectivity index (χ3n) is 2.55. The highest BCUT2D eigenvalue weighted by Crippen LogP contribution is 2.26. The van der Waals surface area contributed by atoms with Crippen molar-refractivity contribution in [1.29, 1.82) is 0 Å². The fourth-order valence-electron chi connectivity index (χ4n) is 1.53. The van der Waals surface area contributed by atoms with Gasteiger partial charge < -0.3 is 9.61 Å². The first-order chi connectivity index (χ1) is 9.03. The van der Waals surface area contributed by atoms with Gasteiger partial charge >= 0.3 is 10.1 Å². The Bertz CT molecular complexity index is 667. The summed E-state index contributed by atoms with van der Waals surface area (Å²) in [4.78, 5) is 0.102. The van der Waals surface area contributed by atoms with Gasteiger partial charge in [0.05, 0.1) is 5.69 Å². The van der Waals surface area contributed by atoms with Crippen molar-refractivity contribution < 1.29 is 12.6 Å². The van der Waals surface area contributed by atoms with E-state index in [2.05, 4.69) is 5.43 Å². The molecular formula is C13H14N2O3S. The zero-order chi connectivity index (χ0) is 13.9. The molecule has 0 atom stereocenters. The minimum atomic E-state index is -3.86. The fourth-order valence-corrected chi connectivity index (χ4v) is 2.48. The molecule has 0 spiro atoms. The Morgan fingerprint density at radius 2 is 1.68 bits per heavy atom. The highest BCUT2D eigenvalue weighted by Gasteiger charge is 2.17. The van der Waals surface area contributed by atoms with Crippen LogP contribution in [-0.4, -0.2) is 8.42 Å². The van der Waals surface area contributed by atoms with E-state index in [9.17, 15) is 8.42 Å². The predicted octanol–water partition coefficient (Wildman–Crippen LogP) is 2.05. The third-order valence-corrected chi connectivity index (χ3v) is 3.80. The van der Waals surface area contributed by atoms with Crippen LogP contribution >= 0.6 is 0 Å². The molecule has 0 aromatic heterocycles. The Morgan fingerprint density at radius 3 is 2.32 bits per heavy atom. The molecular weight excluding hydrogens is 264 g/mol. The number of nitrogen functional groups attached to an aromatic ring is 1. The summed E-state index contributed by atoms with van der Waals surface area (Å²) in [6.07, 6.45) is 0. The van der Waals surface area contributed by atoms with Gasteiger partial charge in [0.15, 0.2) is 5.75 Å². The van der Waals surface area contributed by atoms with Gasteiger partial charge in [-0.05, 0) is 31.2 Å². The fraction of sp³-hybridized carbons (Fsp3) is 0.0769. The summed E-state index contributed by atoms with van der Waals surface area (Å²) in [7, 11) is -3.86. The van der Waals surface area contributed by atoms with Crippen LogP contribution in [0.3, 0.4) is 0 Å². The van der Waals surface area contributed by atoms with E-state index >= 15 is 0 Å². The van der Waals surface area contributed by atoms with E-state index in [1.54, 1.807) is 30.3 Å². The maximum atomic E-state index is 12.1. The molecule has 100 valence electrons. The smallest absolute Gasteiger partial charge is 0.339 e. The number of para-hydroxylation sites is 2. The molecule has 3 N–H and O–H groups in total. The number of benzene rings is 2. The standard InChI is InChI=1S/C13H14N2O3S/c1-10-6-8-11(9-7-10)19(16,17)18-13-5-3-2-4-12(13)15-14/h2-9,15H,14H2,1H3. The summed E-state index contributed by atoms with van der Waals surface area (Å²) in [5, 5.41) is 0. The lowest BCUT2D eigenvalue weighted by Gasteiger charge is -2.10. The quantitative estimate of drug-likeness (QED) is 0.508. The SMILES string of the molecule is Cc1ccc(S(=O)(=O)Oc2ccccc2NN)cc1. The van der Waals surface area contributed by atoms with Gasteiger partial charge in [0.2, 0.25) is 0 Å². The van der Waals surface area contributed by atoms with Crippen molar-refractivity contribution in [2.45, 2.75) is 11.8 Å². The number of nitrogens with one attached hydrogen (secondary N) is 1. The van der Waals surface area contributed by atoms with Crippen LogP contribution in [0.5, 0.6) is 5.75 Å². The molecule has 0 aliphatic rings. The van der Waals surface area contributed by atoms with Crippen LogP contribution in [0.15, 0.2) is 53.4 Å². The van der Waals surface area contributed by atoms with Gasteiger partial charge in [-0.25, -0.2) is 0 Å². The molecule has 0 saturated heterocycles. The molecule has 0 radical (unpaired) electrons. The Hall–Kier alpha value is -2.05. The first kappa shape index (κ1) is 13.4. The van der Waals surface area contributed by atoms with Gasteiger partial charge in [-0.3, -0.25) is 5.84 Å². The maximum absolute atomic E-state index is 12.1. The molecule has 2 aromatic rings. The van der Waals surface area contributed by atoms with E-state index in [0.29, 0.717) is 5.69 Å². The van der Waals surface area contributed by atoms with Crippen molar-refractivity contribution in [3.8, 4) is 5.75 Å². The van der Waals surface area contributed by atoms with Crippen LogP contribution in [0.2, 0.25) is 0 Å². The molecule has 0 fully saturated rings. The number of hydrogen-bond acceptors (Lipinski definition) is 5. The summed E-state index contributed by atoms with van der Waals surface area (Å²) in [6, 6.07) is 13.0. The van der Waals surface area contributed by atoms with Crippen LogP contribution in [0.4, 0.5) is 5.69 Å². The van der Waals surface area contributed by atoms with Crippen LogP contribution in [0, 0.1) is 6.92 Å². The number of nitrogens with two attached hydrogens (primary N) is 1. The van der Waals surface area contributed by atoms with E-state index in [-0.39, 0.29) is 10.6 Å². The van der Waals surface area contributed by atoms with Gasteiger partial charge in [0, 0.05) is 0 Å². The Balaban J connectivity index is 2.34. The lowest BCUT2D eigenvalue weighted by atomic mass is 10.2. The number of hydrazine groups is 1. The second kappa shape index (κ2) is 5.29. The monoisotopic (exact) mass is 278 g/mol. The average Bonchev–Trinajstić information content (AvgIpc) is 2.39. The van der Waals surface area contributed by atoms with E-state index < -0.39 is 10.1 Å². The largest absolute Gasteiger partial charge is 0.377 e. The number of hydrogen-bond donors (Lipinski definition) is 2. The van der Waals surface area contributed by atoms with E-state index in [4.69, 9.17) is 10.0 Å². The van der Waals surface area contributed by atoms with Gasteiger partial charge in [-0.1, -0.05) is 29.8 Å². The van der Waals surface area contributed by atoms with Gasteiger partial charge in [-0.15, -0.1) is 0 Å². The van der Waals surface area contributed by atoms with Crippen molar-refractivity contribution >= 4 is 15.8 Å². The summed E-state index contributed by atoms with van der Waals surface area (Å²) >= 11 is 0. The normalized spacial score (nSPS) is 11.1. The molecule has 0 aliphatic carbocycles. The lowest BCUT2D eigenvalue weighted by Crippen LogP contribution is -2.13. The van der Waals surface area contributed by atoms with Crippen molar-refractivity contribution in [3.05, 3.63) is 54.1 Å². The Morgan fingerprint density at radius 1 is 1.05 bits per heavy atom. The molecule has 6 heteroatoms. The predicted molar refractivity (Wildman–Crippen MR) is 73.2 cm³/mol. The lowest BCUT2D eigenvalue weighted by molar-refractivity contribution is 0.487. The third kappa shape index (κ3) is 3.04. The van der Waals surface area contributed by atoms with E-state index in [1.165, 1.54) is 18.2 Å². The molecule has 0 saturated carbocycles. The van der Waals surface area contributed by atoms with Crippen LogP contribution in [0.1, 0.15) is 5.56 Å². The topological polar surface area (TPSA) is 81.4 Å². The molecule has 0 amide bonds. The van der Waals surface area contributed by atoms with Gasteiger partial charge in [0.1, 0.15) is 4.90 Å². The molecule has 5 nitrogen and oxygen atoms in total. The van der Waals surface area contributed by atoms with Gasteiger partial charge in [0.25, 0.3) is 0 Å². The van der Waals surface area contributed by atoms with E-state index in [0.717, 1.165) is 5.56 Å². The average molecular weight is 278 g/mol. The number of aryl methyl sites for hydroxylation is 1. The first-order valence-electron chi connectivity index (χ1n) is 5.60. The van der Waals surface area contributed by atoms with Crippen molar-refractivity contribution in [2.24, 2.45) is 5.84 Å². The molecule has 2 rings (SSSR count). The van der Waals surface area contributed by atoms with Crippen molar-refractivity contribution in [2.75, 3.05) is 5.43 Å². The maximum Gasteiger partial charge on any atom is 0.339 e. The first-order valence-corrected chi connectivity index (χ1v) is 7.00. The van der Waals surface area contributed by atoms with Crippen molar-refractivity contribution in [3.63, 3.8) is 0 Å². The molecule has 0 bridgehead atoms. The van der Waals surface area contributed by atoms with Crippen LogP contribution in [0.25, 0.3) is 0 Å². The summed E-state index contributed by atoms with van der Waals surface area (Å²) in [6.45, 7) is 1.88. The summed E-state index contributed by atoms with van der Waals surface area (Å²) in [5.41, 5.74) is 3.77. The van der Waals surface area contributed by atoms with E-state index in [1.807, 2.05) is 6.92 Å². The van der Waals surface area contributed by atoms with Crippen LogP contribution < -0.4 is 15.5 Å². The zero-order valence-corrected chi connectivity index (χ0v) is 11.1. The van der Waals surface area contributed by atoms with Crippen LogP contribution in [-0.2, 0) is 10.1 Å². The zero-order valence-electron chi connectivity index (χ0n) is 10.3. The molecule has 0 heterocycles. The minimum absolute atomic E-state index is 0.102. The Kier molecular flexibility index (Phi) is 3.73. The summed E-state index contributed by atoms with van der Waals surface area (Å²) < 4.78 is 29.3.